The summed E-state index contributed by atoms with van der Waals surface area (Å²) in [6.07, 6.45) is 0.313. The Balaban J connectivity index is 1.54. The van der Waals surface area contributed by atoms with E-state index in [2.05, 4.69) is 10.2 Å². The highest BCUT2D eigenvalue weighted by molar-refractivity contribution is 5.95. The summed E-state index contributed by atoms with van der Waals surface area (Å²) in [5.41, 5.74) is 2.42. The number of anilines is 1. The highest BCUT2D eigenvalue weighted by Gasteiger charge is 2.29. The first-order valence-corrected chi connectivity index (χ1v) is 13.3. The molecule has 1 atom stereocenters. The molecule has 1 aliphatic rings. The van der Waals surface area contributed by atoms with E-state index in [-0.39, 0.29) is 17.6 Å². The number of carbonyl (C=O) groups is 2. The smallest absolute Gasteiger partial charge is 0.410 e. The molecule has 0 radical (unpaired) electrons. The highest BCUT2D eigenvalue weighted by Crippen LogP contribution is 2.37. The van der Waals surface area contributed by atoms with Gasteiger partial charge in [-0.25, -0.2) is 14.2 Å². The first-order chi connectivity index (χ1) is 19.0. The lowest BCUT2D eigenvalue weighted by Crippen LogP contribution is -2.36. The van der Waals surface area contributed by atoms with Gasteiger partial charge in [0.15, 0.2) is 11.6 Å². The van der Waals surface area contributed by atoms with Gasteiger partial charge < -0.3 is 29.3 Å². The third kappa shape index (κ3) is 6.73. The molecule has 0 saturated carbocycles. The molecular weight excluding hydrogens is 515 g/mol. The molecule has 0 spiro atoms. The molecule has 1 aromatic heterocycles. The summed E-state index contributed by atoms with van der Waals surface area (Å²) in [5.74, 6) is 0.172. The SMILES string of the molecule is CNC(=O)[C@H]1CCN(c2cc(-c3ccc(OCCN(C)C(=O)OC(C)(C)C)cc3)nc3cc(OC)c(F)cc23)C1. The molecule has 2 amide bonds. The van der Waals surface area contributed by atoms with Crippen LogP contribution in [0.4, 0.5) is 14.9 Å². The van der Waals surface area contributed by atoms with E-state index in [1.54, 1.807) is 20.2 Å². The van der Waals surface area contributed by atoms with Crippen molar-refractivity contribution in [2.24, 2.45) is 5.92 Å². The third-order valence-electron chi connectivity index (χ3n) is 6.76. The van der Waals surface area contributed by atoms with E-state index < -0.39 is 17.5 Å². The van der Waals surface area contributed by atoms with E-state index in [1.165, 1.54) is 18.1 Å². The Morgan fingerprint density at radius 3 is 2.55 bits per heavy atom. The number of aromatic nitrogens is 1. The predicted molar refractivity (Wildman–Crippen MR) is 152 cm³/mol. The minimum atomic E-state index is -0.557. The fourth-order valence-corrected chi connectivity index (χ4v) is 4.63. The van der Waals surface area contributed by atoms with Crippen LogP contribution in [0.15, 0.2) is 42.5 Å². The summed E-state index contributed by atoms with van der Waals surface area (Å²) < 4.78 is 31.1. The zero-order valence-corrected chi connectivity index (χ0v) is 23.9. The number of methoxy groups -OCH3 is 1. The van der Waals surface area contributed by atoms with E-state index >= 15 is 0 Å². The van der Waals surface area contributed by atoms with Gasteiger partial charge in [-0.15, -0.1) is 0 Å². The maximum Gasteiger partial charge on any atom is 0.410 e. The van der Waals surface area contributed by atoms with Gasteiger partial charge in [0.2, 0.25) is 5.91 Å². The van der Waals surface area contributed by atoms with Crippen molar-refractivity contribution < 1.29 is 28.2 Å². The van der Waals surface area contributed by atoms with Crippen molar-refractivity contribution in [2.75, 3.05) is 52.3 Å². The zero-order valence-electron chi connectivity index (χ0n) is 23.9. The second kappa shape index (κ2) is 12.0. The quantitative estimate of drug-likeness (QED) is 0.426. The predicted octanol–water partition coefficient (Wildman–Crippen LogP) is 4.87. The van der Waals surface area contributed by atoms with Crippen LogP contribution < -0.4 is 19.7 Å². The van der Waals surface area contributed by atoms with Gasteiger partial charge in [-0.3, -0.25) is 4.79 Å². The van der Waals surface area contributed by atoms with Crippen molar-refractivity contribution in [1.29, 1.82) is 0 Å². The molecule has 2 heterocycles. The summed E-state index contributed by atoms with van der Waals surface area (Å²) in [6.45, 7) is 7.37. The first-order valence-electron chi connectivity index (χ1n) is 13.3. The largest absolute Gasteiger partial charge is 0.494 e. The Labute approximate surface area is 234 Å². The maximum atomic E-state index is 14.7. The molecule has 2 aromatic carbocycles. The second-order valence-electron chi connectivity index (χ2n) is 10.9. The van der Waals surface area contributed by atoms with E-state index in [0.29, 0.717) is 55.0 Å². The average molecular weight is 553 g/mol. The van der Waals surface area contributed by atoms with Crippen LogP contribution in [0.5, 0.6) is 11.5 Å². The van der Waals surface area contributed by atoms with Crippen LogP contribution in [-0.2, 0) is 9.53 Å². The van der Waals surface area contributed by atoms with E-state index in [4.69, 9.17) is 19.2 Å². The molecule has 9 nitrogen and oxygen atoms in total. The number of amides is 2. The topological polar surface area (TPSA) is 93.2 Å². The van der Waals surface area contributed by atoms with E-state index in [1.807, 2.05) is 51.1 Å². The summed E-state index contributed by atoms with van der Waals surface area (Å²) >= 11 is 0. The Bertz CT molecular complexity index is 1370. The number of halogens is 1. The van der Waals surface area contributed by atoms with Gasteiger partial charge in [0.25, 0.3) is 0 Å². The Kier molecular flexibility index (Phi) is 8.66. The number of benzene rings is 2. The standard InChI is InChI=1S/C30H37FN4O5/c1-30(2,3)40-29(37)34(5)13-14-39-21-9-7-19(8-10-21)24-16-26(35-12-11-20(18-35)28(36)32-4)22-15-23(31)27(38-6)17-25(22)33-24/h7-10,15-17,20H,11-14,18H2,1-6H3,(H,32,36)/t20-/m0/s1. The molecule has 1 saturated heterocycles. The van der Waals surface area contributed by atoms with Crippen LogP contribution in [0.25, 0.3) is 22.2 Å². The van der Waals surface area contributed by atoms with Crippen LogP contribution in [0, 0.1) is 11.7 Å². The molecule has 1 aliphatic heterocycles. The van der Waals surface area contributed by atoms with Crippen molar-refractivity contribution in [2.45, 2.75) is 32.8 Å². The number of ether oxygens (including phenoxy) is 3. The van der Waals surface area contributed by atoms with Crippen LogP contribution >= 0.6 is 0 Å². The van der Waals surface area contributed by atoms with Crippen LogP contribution in [-0.4, -0.2) is 74.9 Å². The minimum Gasteiger partial charge on any atom is -0.494 e. The molecule has 4 rings (SSSR count). The van der Waals surface area contributed by atoms with Crippen LogP contribution in [0.2, 0.25) is 0 Å². The van der Waals surface area contributed by atoms with Crippen LogP contribution in [0.1, 0.15) is 27.2 Å². The van der Waals surface area contributed by atoms with Crippen molar-refractivity contribution in [3.63, 3.8) is 0 Å². The second-order valence-corrected chi connectivity index (χ2v) is 10.9. The molecule has 214 valence electrons. The molecule has 1 N–H and O–H groups in total. The van der Waals surface area contributed by atoms with Crippen molar-refractivity contribution in [3.05, 3.63) is 48.3 Å². The lowest BCUT2D eigenvalue weighted by molar-refractivity contribution is -0.123. The fourth-order valence-electron chi connectivity index (χ4n) is 4.63. The highest BCUT2D eigenvalue weighted by atomic mass is 19.1. The number of nitrogens with one attached hydrogen (secondary N) is 1. The van der Waals surface area contributed by atoms with E-state index in [0.717, 1.165) is 11.3 Å². The summed E-state index contributed by atoms with van der Waals surface area (Å²) in [6, 6.07) is 12.5. The molecule has 0 aliphatic carbocycles. The summed E-state index contributed by atoms with van der Waals surface area (Å²) in [7, 11) is 4.73. The van der Waals surface area contributed by atoms with Gasteiger partial charge in [-0.2, -0.15) is 0 Å². The molecule has 1 fully saturated rings. The zero-order chi connectivity index (χ0) is 29.0. The Morgan fingerprint density at radius 1 is 1.18 bits per heavy atom. The number of fused-ring (bicyclic) bond motifs is 1. The lowest BCUT2D eigenvalue weighted by Gasteiger charge is -2.24. The van der Waals surface area contributed by atoms with Crippen molar-refractivity contribution >= 4 is 28.6 Å². The van der Waals surface area contributed by atoms with Gasteiger partial charge in [-0.05, 0) is 63.6 Å². The first kappa shape index (κ1) is 28.9. The number of carbonyl (C=O) groups excluding carboxylic acids is 2. The molecule has 10 heteroatoms. The fraction of sp³-hybridized carbons (Fsp3) is 0.433. The molecule has 3 aromatic rings. The third-order valence-corrected chi connectivity index (χ3v) is 6.76. The molecule has 0 bridgehead atoms. The Hall–Kier alpha value is -4.08. The van der Waals surface area contributed by atoms with Crippen molar-refractivity contribution in [1.82, 2.24) is 15.2 Å². The van der Waals surface area contributed by atoms with Gasteiger partial charge >= 0.3 is 6.09 Å². The van der Waals surface area contributed by atoms with Gasteiger partial charge in [0, 0.05) is 49.9 Å². The number of hydrogen-bond donors (Lipinski definition) is 1. The molecule has 0 unspecified atom stereocenters. The lowest BCUT2D eigenvalue weighted by atomic mass is 10.1. The number of nitrogens with zero attached hydrogens (tertiary/aromatic N) is 3. The maximum absolute atomic E-state index is 14.7. The Morgan fingerprint density at radius 2 is 1.90 bits per heavy atom. The van der Waals surface area contributed by atoms with Gasteiger partial charge in [0.1, 0.15) is 18.0 Å². The van der Waals surface area contributed by atoms with E-state index in [9.17, 15) is 14.0 Å². The monoisotopic (exact) mass is 552 g/mol. The van der Waals surface area contributed by atoms with Gasteiger partial charge in [0.05, 0.1) is 30.8 Å². The van der Waals surface area contributed by atoms with Crippen LogP contribution in [0.3, 0.4) is 0 Å². The number of pyridine rings is 1. The summed E-state index contributed by atoms with van der Waals surface area (Å²) in [5, 5.41) is 3.39. The minimum absolute atomic E-state index is 0.00168. The summed E-state index contributed by atoms with van der Waals surface area (Å²) in [4.78, 5) is 32.8. The number of rotatable bonds is 8. The number of hydrogen-bond acceptors (Lipinski definition) is 7. The van der Waals surface area contributed by atoms with Gasteiger partial charge in [-0.1, -0.05) is 0 Å². The average Bonchev–Trinajstić information content (AvgIpc) is 3.41. The molecule has 40 heavy (non-hydrogen) atoms. The van der Waals surface area contributed by atoms with Crippen molar-refractivity contribution in [3.8, 4) is 22.8 Å². The number of likely N-dealkylation sites (N-methyl/N-ethyl adjacent to an activating group) is 1. The normalized spacial score (nSPS) is 15.2. The molecular formula is C30H37FN4O5.